The number of hydrogen-bond acceptors (Lipinski definition) is 4. The van der Waals surface area contributed by atoms with Crippen molar-refractivity contribution >= 4 is 20.9 Å². The Morgan fingerprint density at radius 2 is 1.96 bits per heavy atom. The summed E-state index contributed by atoms with van der Waals surface area (Å²) < 4.78 is 40.5. The Bertz CT molecular complexity index is 1060. The summed E-state index contributed by atoms with van der Waals surface area (Å²) in [4.78, 5) is 3.26. The monoisotopic (exact) mass is 389 g/mol. The van der Waals surface area contributed by atoms with Crippen molar-refractivity contribution in [2.24, 2.45) is 0 Å². The topological polar surface area (TPSA) is 85.4 Å². The fourth-order valence-corrected chi connectivity index (χ4v) is 4.91. The van der Waals surface area contributed by atoms with E-state index >= 15 is 0 Å². The Labute approximate surface area is 156 Å². The number of aliphatic hydroxyl groups is 1. The molecular weight excluding hydrogens is 369 g/mol. The summed E-state index contributed by atoms with van der Waals surface area (Å²) in [5.41, 5.74) is 2.43. The highest BCUT2D eigenvalue weighted by atomic mass is 32.2. The number of aromatic amines is 1. The number of rotatable bonds is 4. The van der Waals surface area contributed by atoms with E-state index in [1.807, 2.05) is 0 Å². The van der Waals surface area contributed by atoms with E-state index in [1.54, 1.807) is 36.5 Å². The van der Waals surface area contributed by atoms with E-state index in [2.05, 4.69) is 10.3 Å². The van der Waals surface area contributed by atoms with Crippen molar-refractivity contribution in [2.45, 2.75) is 10.9 Å². The number of piperazine rings is 1. The summed E-state index contributed by atoms with van der Waals surface area (Å²) in [5, 5.41) is 13.2. The maximum absolute atomic E-state index is 13.4. The third kappa shape index (κ3) is 3.37. The van der Waals surface area contributed by atoms with Crippen molar-refractivity contribution in [3.8, 4) is 11.1 Å². The summed E-state index contributed by atoms with van der Waals surface area (Å²) in [6.07, 6.45) is 1.79. The molecule has 0 spiro atoms. The molecule has 1 aliphatic rings. The fourth-order valence-electron chi connectivity index (χ4n) is 3.43. The Kier molecular flexibility index (Phi) is 4.73. The first-order valence-electron chi connectivity index (χ1n) is 8.70. The number of fused-ring (bicyclic) bond motifs is 1. The number of halogens is 1. The number of benzene rings is 2. The summed E-state index contributed by atoms with van der Waals surface area (Å²) in [6, 6.07) is 11.0. The number of nitrogens with one attached hydrogen (secondary N) is 2. The van der Waals surface area contributed by atoms with Gasteiger partial charge >= 0.3 is 0 Å². The molecule has 2 heterocycles. The lowest BCUT2D eigenvalue weighted by Crippen LogP contribution is -2.53. The van der Waals surface area contributed by atoms with Gasteiger partial charge in [-0.25, -0.2) is 12.8 Å². The lowest BCUT2D eigenvalue weighted by Gasteiger charge is -2.31. The van der Waals surface area contributed by atoms with Crippen LogP contribution in [0.2, 0.25) is 0 Å². The molecule has 8 heteroatoms. The molecule has 0 amide bonds. The summed E-state index contributed by atoms with van der Waals surface area (Å²) in [6.45, 7) is 1.02. The van der Waals surface area contributed by atoms with Crippen molar-refractivity contribution in [2.75, 3.05) is 26.2 Å². The van der Waals surface area contributed by atoms with E-state index in [9.17, 15) is 17.9 Å². The molecule has 0 radical (unpaired) electrons. The number of aliphatic hydroxyl groups excluding tert-OH is 1. The van der Waals surface area contributed by atoms with Gasteiger partial charge in [0.05, 0.1) is 11.5 Å². The molecule has 2 aromatic carbocycles. The van der Waals surface area contributed by atoms with Crippen LogP contribution in [-0.2, 0) is 10.0 Å². The number of aromatic nitrogens is 1. The lowest BCUT2D eigenvalue weighted by atomic mass is 10.1. The molecule has 4 rings (SSSR count). The summed E-state index contributed by atoms with van der Waals surface area (Å²) in [5.74, 6) is -0.311. The molecule has 0 bridgehead atoms. The van der Waals surface area contributed by atoms with Gasteiger partial charge in [0.15, 0.2) is 0 Å². The Hall–Kier alpha value is -2.26. The second-order valence-electron chi connectivity index (χ2n) is 6.61. The highest BCUT2D eigenvalue weighted by Crippen LogP contribution is 2.30. The van der Waals surface area contributed by atoms with E-state index in [1.165, 1.54) is 16.4 Å². The van der Waals surface area contributed by atoms with Crippen molar-refractivity contribution in [3.63, 3.8) is 0 Å². The summed E-state index contributed by atoms with van der Waals surface area (Å²) >= 11 is 0. The molecule has 1 saturated heterocycles. The largest absolute Gasteiger partial charge is 0.395 e. The average molecular weight is 389 g/mol. The molecule has 0 unspecified atom stereocenters. The van der Waals surface area contributed by atoms with E-state index in [0.717, 1.165) is 16.5 Å². The van der Waals surface area contributed by atoms with Gasteiger partial charge in [0.2, 0.25) is 10.0 Å². The van der Waals surface area contributed by atoms with Gasteiger partial charge in [0, 0.05) is 48.3 Å². The maximum Gasteiger partial charge on any atom is 0.243 e. The number of H-pyrrole nitrogens is 1. The molecule has 0 aliphatic carbocycles. The quantitative estimate of drug-likeness (QED) is 0.637. The van der Waals surface area contributed by atoms with Gasteiger partial charge in [-0.15, -0.1) is 0 Å². The van der Waals surface area contributed by atoms with Crippen LogP contribution >= 0.6 is 0 Å². The van der Waals surface area contributed by atoms with Gasteiger partial charge in [0.1, 0.15) is 5.82 Å². The first-order chi connectivity index (χ1) is 13.0. The first kappa shape index (κ1) is 18.1. The van der Waals surface area contributed by atoms with Crippen molar-refractivity contribution in [3.05, 3.63) is 54.5 Å². The molecule has 1 aliphatic heterocycles. The van der Waals surface area contributed by atoms with Crippen LogP contribution in [0.25, 0.3) is 22.0 Å². The maximum atomic E-state index is 13.4. The fraction of sp³-hybridized carbons (Fsp3) is 0.263. The smallest absolute Gasteiger partial charge is 0.243 e. The van der Waals surface area contributed by atoms with Crippen LogP contribution in [0, 0.1) is 5.82 Å². The highest BCUT2D eigenvalue weighted by Gasteiger charge is 2.29. The Morgan fingerprint density at radius 1 is 1.19 bits per heavy atom. The molecule has 27 heavy (non-hydrogen) atoms. The normalized spacial score (nSPS) is 18.8. The molecule has 1 aromatic heterocycles. The second-order valence-corrected chi connectivity index (χ2v) is 8.55. The van der Waals surface area contributed by atoms with E-state index in [4.69, 9.17) is 0 Å². The highest BCUT2D eigenvalue weighted by molar-refractivity contribution is 7.89. The van der Waals surface area contributed by atoms with Crippen LogP contribution in [0.3, 0.4) is 0 Å². The van der Waals surface area contributed by atoms with E-state index in [-0.39, 0.29) is 29.9 Å². The Morgan fingerprint density at radius 3 is 2.70 bits per heavy atom. The number of nitrogens with zero attached hydrogens (tertiary/aromatic N) is 1. The molecule has 3 aromatic rings. The zero-order chi connectivity index (χ0) is 19.0. The Balaban J connectivity index is 1.63. The lowest BCUT2D eigenvalue weighted by molar-refractivity contribution is 0.195. The van der Waals surface area contributed by atoms with E-state index in [0.29, 0.717) is 18.6 Å². The van der Waals surface area contributed by atoms with Crippen molar-refractivity contribution < 1.29 is 17.9 Å². The molecule has 1 atom stereocenters. The van der Waals surface area contributed by atoms with Crippen molar-refractivity contribution in [1.29, 1.82) is 0 Å². The van der Waals surface area contributed by atoms with E-state index < -0.39 is 10.0 Å². The number of hydrogen-bond donors (Lipinski definition) is 3. The number of sulfonamides is 1. The van der Waals surface area contributed by atoms with Crippen LogP contribution in [0.5, 0.6) is 0 Å². The molecular formula is C19H20FN3O3S. The molecule has 0 saturated carbocycles. The zero-order valence-electron chi connectivity index (χ0n) is 14.5. The molecule has 6 nitrogen and oxygen atoms in total. The van der Waals surface area contributed by atoms with Crippen LogP contribution in [0.1, 0.15) is 0 Å². The summed E-state index contributed by atoms with van der Waals surface area (Å²) in [7, 11) is -3.61. The van der Waals surface area contributed by atoms with Crippen LogP contribution in [0.15, 0.2) is 53.6 Å². The molecule has 1 fully saturated rings. The minimum absolute atomic E-state index is 0.105. The van der Waals surface area contributed by atoms with Gasteiger partial charge in [-0.1, -0.05) is 12.1 Å². The van der Waals surface area contributed by atoms with Crippen LogP contribution in [-0.4, -0.2) is 55.1 Å². The van der Waals surface area contributed by atoms with Gasteiger partial charge in [-0.3, -0.25) is 0 Å². The van der Waals surface area contributed by atoms with Crippen LogP contribution < -0.4 is 5.32 Å². The van der Waals surface area contributed by atoms with Gasteiger partial charge in [0.25, 0.3) is 0 Å². The zero-order valence-corrected chi connectivity index (χ0v) is 15.3. The molecule has 142 valence electrons. The molecule has 3 N–H and O–H groups in total. The first-order valence-corrected chi connectivity index (χ1v) is 10.1. The minimum Gasteiger partial charge on any atom is -0.395 e. The van der Waals surface area contributed by atoms with Gasteiger partial charge < -0.3 is 15.4 Å². The standard InChI is InChI=1S/C19H20FN3O3S/c20-14-3-6-17-18(10-22-19(17)9-14)13-1-4-16(5-2-13)27(25,26)23-8-7-21-15(11-23)12-24/h1-6,9-10,15,21-22,24H,7-8,11-12H2/t15-/m0/s1. The SMILES string of the molecule is O=S(=O)(c1ccc(-c2c[nH]c3cc(F)ccc23)cc1)N1CCN[C@H](CO)C1. The van der Waals surface area contributed by atoms with Crippen LogP contribution in [0.4, 0.5) is 4.39 Å². The van der Waals surface area contributed by atoms with Gasteiger partial charge in [-0.2, -0.15) is 4.31 Å². The minimum atomic E-state index is -3.61. The third-order valence-electron chi connectivity index (χ3n) is 4.89. The predicted octanol–water partition coefficient (Wildman–Crippen LogP) is 1.93. The second kappa shape index (κ2) is 7.05. The third-order valence-corrected chi connectivity index (χ3v) is 6.76. The average Bonchev–Trinajstić information content (AvgIpc) is 3.11. The predicted molar refractivity (Wildman–Crippen MR) is 101 cm³/mol. The van der Waals surface area contributed by atoms with Crippen molar-refractivity contribution in [1.82, 2.24) is 14.6 Å². The van der Waals surface area contributed by atoms with Gasteiger partial charge in [-0.05, 0) is 35.9 Å².